The molecule has 0 bridgehead atoms. The summed E-state index contributed by atoms with van der Waals surface area (Å²) in [6.07, 6.45) is 0. The van der Waals surface area contributed by atoms with Crippen molar-refractivity contribution in [2.75, 3.05) is 22.4 Å². The van der Waals surface area contributed by atoms with Crippen molar-refractivity contribution >= 4 is 39.1 Å². The number of nitrogens with zero attached hydrogens (tertiary/aromatic N) is 5. The van der Waals surface area contributed by atoms with Gasteiger partial charge in [-0.3, -0.25) is 9.10 Å². The number of nitrogens with one attached hydrogen (secondary N) is 1. The molecule has 0 aliphatic heterocycles. The molecule has 9 nitrogen and oxygen atoms in total. The molecule has 0 unspecified atom stereocenters. The number of tetrazole rings is 1. The van der Waals surface area contributed by atoms with Crippen molar-refractivity contribution < 1.29 is 13.2 Å². The summed E-state index contributed by atoms with van der Waals surface area (Å²) in [5.41, 5.74) is 2.75. The Morgan fingerprint density at radius 3 is 2.53 bits per heavy atom. The van der Waals surface area contributed by atoms with Crippen molar-refractivity contribution in [2.24, 2.45) is 0 Å². The van der Waals surface area contributed by atoms with Gasteiger partial charge >= 0.3 is 0 Å². The minimum atomic E-state index is -3.79. The molecule has 34 heavy (non-hydrogen) atoms. The number of carbonyl (C=O) groups excluding carboxylic acids is 1. The third-order valence-corrected chi connectivity index (χ3v) is 7.71. The fraction of sp³-hybridized carbons (Fsp3) is 0.130. The lowest BCUT2D eigenvalue weighted by atomic mass is 10.2. The lowest BCUT2D eigenvalue weighted by Gasteiger charge is -2.19. The van der Waals surface area contributed by atoms with Crippen LogP contribution in [-0.2, 0) is 14.8 Å². The number of hydrogen-bond donors (Lipinski definition) is 1. The van der Waals surface area contributed by atoms with Crippen molar-refractivity contribution in [3.05, 3.63) is 84.4 Å². The minimum absolute atomic E-state index is 0.0488. The van der Waals surface area contributed by atoms with E-state index in [1.54, 1.807) is 41.1 Å². The zero-order valence-electron chi connectivity index (χ0n) is 18.5. The van der Waals surface area contributed by atoms with Gasteiger partial charge in [0.15, 0.2) is 0 Å². The van der Waals surface area contributed by atoms with Crippen LogP contribution in [0.5, 0.6) is 0 Å². The summed E-state index contributed by atoms with van der Waals surface area (Å²) in [5, 5.41) is 15.0. The maximum Gasteiger partial charge on any atom is 0.264 e. The van der Waals surface area contributed by atoms with Crippen LogP contribution in [0.3, 0.4) is 0 Å². The van der Waals surface area contributed by atoms with E-state index in [0.717, 1.165) is 11.3 Å². The molecule has 1 aromatic heterocycles. The Balaban J connectivity index is 1.44. The van der Waals surface area contributed by atoms with Crippen LogP contribution >= 0.6 is 11.8 Å². The van der Waals surface area contributed by atoms with Gasteiger partial charge in [-0.1, -0.05) is 54.2 Å². The van der Waals surface area contributed by atoms with Crippen molar-refractivity contribution in [3.8, 4) is 5.69 Å². The first kappa shape index (κ1) is 23.5. The Labute approximate surface area is 201 Å². The lowest BCUT2D eigenvalue weighted by molar-refractivity contribution is -0.113. The summed E-state index contributed by atoms with van der Waals surface area (Å²) >= 11 is 1.18. The van der Waals surface area contributed by atoms with E-state index >= 15 is 0 Å². The van der Waals surface area contributed by atoms with E-state index in [1.165, 1.54) is 35.2 Å². The number of aryl methyl sites for hydroxylation is 1. The van der Waals surface area contributed by atoms with Gasteiger partial charge in [-0.2, -0.15) is 4.68 Å². The average Bonchev–Trinajstić information content (AvgIpc) is 3.31. The molecule has 11 heteroatoms. The van der Waals surface area contributed by atoms with Gasteiger partial charge in [0.25, 0.3) is 10.0 Å². The number of thioether (sulfide) groups is 1. The quantitative estimate of drug-likeness (QED) is 0.373. The van der Waals surface area contributed by atoms with E-state index in [9.17, 15) is 13.2 Å². The molecule has 1 N–H and O–H groups in total. The number of benzene rings is 3. The van der Waals surface area contributed by atoms with E-state index in [-0.39, 0.29) is 16.6 Å². The van der Waals surface area contributed by atoms with E-state index in [1.807, 2.05) is 37.3 Å². The first-order valence-corrected chi connectivity index (χ1v) is 12.7. The van der Waals surface area contributed by atoms with Gasteiger partial charge in [0, 0.05) is 12.7 Å². The molecule has 1 amide bonds. The molecule has 0 saturated carbocycles. The Hall–Kier alpha value is -3.70. The second kappa shape index (κ2) is 10.1. The number of aromatic nitrogens is 4. The zero-order valence-corrected chi connectivity index (χ0v) is 20.1. The maximum absolute atomic E-state index is 13.0. The fourth-order valence-electron chi connectivity index (χ4n) is 3.22. The highest BCUT2D eigenvalue weighted by molar-refractivity contribution is 7.99. The topological polar surface area (TPSA) is 110 Å². The van der Waals surface area contributed by atoms with Gasteiger partial charge in [-0.05, 0) is 59.3 Å². The van der Waals surface area contributed by atoms with Crippen molar-refractivity contribution in [3.63, 3.8) is 0 Å². The van der Waals surface area contributed by atoms with Gasteiger partial charge in [-0.15, -0.1) is 5.10 Å². The molecule has 0 saturated heterocycles. The highest BCUT2D eigenvalue weighted by atomic mass is 32.2. The zero-order chi connectivity index (χ0) is 24.1. The van der Waals surface area contributed by atoms with Crippen LogP contribution in [0.1, 0.15) is 5.56 Å². The second-order valence-electron chi connectivity index (χ2n) is 7.33. The smallest absolute Gasteiger partial charge is 0.264 e. The van der Waals surface area contributed by atoms with Gasteiger partial charge in [-0.25, -0.2) is 8.42 Å². The molecular formula is C23H22N6O3S2. The van der Waals surface area contributed by atoms with Crippen molar-refractivity contribution in [1.82, 2.24) is 20.2 Å². The van der Waals surface area contributed by atoms with E-state index in [4.69, 9.17) is 0 Å². The third kappa shape index (κ3) is 5.10. The summed E-state index contributed by atoms with van der Waals surface area (Å²) in [4.78, 5) is 12.6. The van der Waals surface area contributed by atoms with Crippen LogP contribution in [0.4, 0.5) is 11.4 Å². The standard InChI is InChI=1S/C23H22N6O3S2/c1-17-9-6-7-14-21(17)29-23(25-26-27-29)33-16-22(30)24-18-10-8-13-20(15-18)34(31,32)28(2)19-11-4-3-5-12-19/h3-15H,16H2,1-2H3,(H,24,30). The number of carbonyl (C=O) groups is 1. The summed E-state index contributed by atoms with van der Waals surface area (Å²) < 4.78 is 28.9. The first-order valence-electron chi connectivity index (χ1n) is 10.3. The largest absolute Gasteiger partial charge is 0.325 e. The van der Waals surface area contributed by atoms with Gasteiger partial charge in [0.2, 0.25) is 11.1 Å². The number of hydrogen-bond acceptors (Lipinski definition) is 7. The van der Waals surface area contributed by atoms with E-state index < -0.39 is 10.0 Å². The summed E-state index contributed by atoms with van der Waals surface area (Å²) in [6, 6.07) is 22.6. The number of sulfonamides is 1. The van der Waals surface area contributed by atoms with E-state index in [0.29, 0.717) is 16.5 Å². The molecule has 0 atom stereocenters. The molecule has 1 heterocycles. The predicted octanol–water partition coefficient (Wildman–Crippen LogP) is 3.53. The molecule has 0 fully saturated rings. The molecule has 4 aromatic rings. The molecular weight excluding hydrogens is 472 g/mol. The minimum Gasteiger partial charge on any atom is -0.325 e. The van der Waals surface area contributed by atoms with Crippen LogP contribution in [-0.4, -0.2) is 47.3 Å². The second-order valence-corrected chi connectivity index (χ2v) is 10.2. The number of para-hydroxylation sites is 2. The molecule has 3 aromatic carbocycles. The van der Waals surface area contributed by atoms with E-state index in [2.05, 4.69) is 20.8 Å². The molecule has 0 aliphatic carbocycles. The fourth-order valence-corrected chi connectivity index (χ4v) is 5.14. The van der Waals surface area contributed by atoms with Gasteiger partial charge < -0.3 is 5.32 Å². The van der Waals surface area contributed by atoms with Crippen molar-refractivity contribution in [1.29, 1.82) is 0 Å². The first-order chi connectivity index (χ1) is 16.4. The summed E-state index contributed by atoms with van der Waals surface area (Å²) in [5.74, 6) is -0.261. The summed E-state index contributed by atoms with van der Waals surface area (Å²) in [6.45, 7) is 1.95. The van der Waals surface area contributed by atoms with Gasteiger partial charge in [0.05, 0.1) is 22.0 Å². The SMILES string of the molecule is Cc1ccccc1-n1nnnc1SCC(=O)Nc1cccc(S(=O)(=O)N(C)c2ccccc2)c1. The highest BCUT2D eigenvalue weighted by Gasteiger charge is 2.22. The van der Waals surface area contributed by atoms with Crippen LogP contribution in [0.15, 0.2) is 88.9 Å². The summed E-state index contributed by atoms with van der Waals surface area (Å²) in [7, 11) is -2.30. The van der Waals surface area contributed by atoms with Crippen molar-refractivity contribution in [2.45, 2.75) is 17.0 Å². The predicted molar refractivity (Wildman–Crippen MR) is 132 cm³/mol. The maximum atomic E-state index is 13.0. The molecule has 0 spiro atoms. The number of anilines is 2. The molecule has 0 radical (unpaired) electrons. The monoisotopic (exact) mass is 494 g/mol. The Morgan fingerprint density at radius 2 is 1.76 bits per heavy atom. The Morgan fingerprint density at radius 1 is 1.03 bits per heavy atom. The molecule has 4 rings (SSSR count). The van der Waals surface area contributed by atoms with Crippen LogP contribution in [0.2, 0.25) is 0 Å². The number of rotatable bonds is 8. The normalized spacial score (nSPS) is 11.2. The van der Waals surface area contributed by atoms with Crippen LogP contribution < -0.4 is 9.62 Å². The van der Waals surface area contributed by atoms with Crippen LogP contribution in [0.25, 0.3) is 5.69 Å². The van der Waals surface area contributed by atoms with Crippen LogP contribution in [0, 0.1) is 6.92 Å². The molecule has 174 valence electrons. The Bertz CT molecular complexity index is 1410. The Kier molecular flexibility index (Phi) is 6.94. The van der Waals surface area contributed by atoms with Gasteiger partial charge in [0.1, 0.15) is 0 Å². The number of amides is 1. The highest BCUT2D eigenvalue weighted by Crippen LogP contribution is 2.24. The third-order valence-electron chi connectivity index (χ3n) is 5.01. The molecule has 0 aliphatic rings. The lowest BCUT2D eigenvalue weighted by Crippen LogP contribution is -2.26. The average molecular weight is 495 g/mol.